The van der Waals surface area contributed by atoms with Gasteiger partial charge in [-0.25, -0.2) is 4.98 Å². The summed E-state index contributed by atoms with van der Waals surface area (Å²) in [5.41, 5.74) is 6.79. The summed E-state index contributed by atoms with van der Waals surface area (Å²) in [5, 5.41) is 13.8. The number of rotatable bonds is 5. The molecule has 1 aromatic carbocycles. The maximum Gasteiger partial charge on any atom is 0.311 e. The lowest BCUT2D eigenvalue weighted by Gasteiger charge is -2.08. The summed E-state index contributed by atoms with van der Waals surface area (Å²) in [6.07, 6.45) is 0. The Bertz CT molecular complexity index is 700. The molecule has 0 unspecified atom stereocenters. The van der Waals surface area contributed by atoms with Gasteiger partial charge in [-0.15, -0.1) is 0 Å². The third-order valence-electron chi connectivity index (χ3n) is 2.75. The molecule has 0 aliphatic heterocycles. The number of hydrogen-bond acceptors (Lipinski definition) is 7. The van der Waals surface area contributed by atoms with Crippen molar-refractivity contribution in [3.63, 3.8) is 0 Å². The zero-order valence-corrected chi connectivity index (χ0v) is 11.8. The van der Waals surface area contributed by atoms with Gasteiger partial charge in [0.1, 0.15) is 12.4 Å². The van der Waals surface area contributed by atoms with Crippen molar-refractivity contribution in [1.29, 1.82) is 0 Å². The number of ether oxygens (including phenoxy) is 1. The normalized spacial score (nSPS) is 10.0. The predicted octanol–water partition coefficient (Wildman–Crippen LogP) is 2.38. The van der Waals surface area contributed by atoms with Crippen molar-refractivity contribution in [2.45, 2.75) is 13.5 Å². The number of anilines is 3. The van der Waals surface area contributed by atoms with E-state index in [4.69, 9.17) is 10.5 Å². The second-order valence-electron chi connectivity index (χ2n) is 4.46. The van der Waals surface area contributed by atoms with Crippen LogP contribution >= 0.6 is 0 Å². The van der Waals surface area contributed by atoms with Gasteiger partial charge in [0.15, 0.2) is 0 Å². The second kappa shape index (κ2) is 6.53. The number of hydrogen-bond donors (Lipinski definition) is 2. The second-order valence-corrected chi connectivity index (χ2v) is 4.46. The quantitative estimate of drug-likeness (QED) is 0.494. The van der Waals surface area contributed by atoms with Gasteiger partial charge in [-0.3, -0.25) is 14.9 Å². The van der Waals surface area contributed by atoms with E-state index < -0.39 is 4.92 Å². The maximum atomic E-state index is 11.0. The summed E-state index contributed by atoms with van der Waals surface area (Å²) in [6.45, 7) is 1.51. The monoisotopic (exact) mass is 302 g/mol. The summed E-state index contributed by atoms with van der Waals surface area (Å²) < 4.78 is 4.87. The zero-order chi connectivity index (χ0) is 16.1. The Hall–Kier alpha value is -3.16. The first-order valence-corrected chi connectivity index (χ1v) is 6.36. The Morgan fingerprint density at radius 3 is 2.59 bits per heavy atom. The van der Waals surface area contributed by atoms with E-state index in [-0.39, 0.29) is 29.9 Å². The minimum absolute atomic E-state index is 0.0673. The highest BCUT2D eigenvalue weighted by Gasteiger charge is 2.15. The van der Waals surface area contributed by atoms with Crippen LogP contribution in [0.1, 0.15) is 12.5 Å². The van der Waals surface area contributed by atoms with Crippen LogP contribution in [0.5, 0.6) is 0 Å². The van der Waals surface area contributed by atoms with Crippen molar-refractivity contribution >= 4 is 29.0 Å². The lowest BCUT2D eigenvalue weighted by molar-refractivity contribution is -0.384. The van der Waals surface area contributed by atoms with Crippen LogP contribution in [0.3, 0.4) is 0 Å². The van der Waals surface area contributed by atoms with E-state index in [0.29, 0.717) is 5.69 Å². The molecule has 22 heavy (non-hydrogen) atoms. The number of pyridine rings is 1. The number of aromatic nitrogens is 1. The number of esters is 1. The Morgan fingerprint density at radius 2 is 2.00 bits per heavy atom. The van der Waals surface area contributed by atoms with Crippen LogP contribution in [0.2, 0.25) is 0 Å². The molecule has 0 radical (unpaired) electrons. The molecule has 0 saturated carbocycles. The molecule has 8 heteroatoms. The first kappa shape index (κ1) is 15.2. The maximum absolute atomic E-state index is 11.0. The smallest absolute Gasteiger partial charge is 0.311 e. The summed E-state index contributed by atoms with van der Waals surface area (Å²) in [7, 11) is 0. The fourth-order valence-corrected chi connectivity index (χ4v) is 1.71. The number of carbonyl (C=O) groups excluding carboxylic acids is 1. The largest absolute Gasteiger partial charge is 0.461 e. The van der Waals surface area contributed by atoms with E-state index in [1.807, 2.05) is 0 Å². The van der Waals surface area contributed by atoms with Gasteiger partial charge >= 0.3 is 11.7 Å². The van der Waals surface area contributed by atoms with Crippen LogP contribution in [0.15, 0.2) is 36.4 Å². The molecule has 2 rings (SSSR count). The number of benzene rings is 1. The van der Waals surface area contributed by atoms with E-state index in [1.165, 1.54) is 19.1 Å². The standard InChI is InChI=1S/C14H14N4O4/c1-9(19)22-8-10-2-4-11(5-3-10)16-14-12(18(20)21)6-7-13(15)17-14/h2-7H,8H2,1H3,(H3,15,16,17). The topological polar surface area (TPSA) is 120 Å². The molecule has 3 N–H and O–H groups in total. The molecule has 8 nitrogen and oxygen atoms in total. The first-order valence-electron chi connectivity index (χ1n) is 6.36. The highest BCUT2D eigenvalue weighted by atomic mass is 16.6. The average molecular weight is 302 g/mol. The Morgan fingerprint density at radius 1 is 1.32 bits per heavy atom. The molecule has 114 valence electrons. The van der Waals surface area contributed by atoms with Crippen molar-refractivity contribution in [2.75, 3.05) is 11.1 Å². The van der Waals surface area contributed by atoms with Gasteiger partial charge in [0.25, 0.3) is 0 Å². The average Bonchev–Trinajstić information content (AvgIpc) is 2.46. The molecule has 0 amide bonds. The van der Waals surface area contributed by atoms with Crippen LogP contribution in [-0.2, 0) is 16.1 Å². The van der Waals surface area contributed by atoms with E-state index in [0.717, 1.165) is 5.56 Å². The van der Waals surface area contributed by atoms with Crippen LogP contribution < -0.4 is 11.1 Å². The predicted molar refractivity (Wildman–Crippen MR) is 80.5 cm³/mol. The molecule has 0 spiro atoms. The molecule has 0 aliphatic rings. The Kier molecular flexibility index (Phi) is 4.52. The SMILES string of the molecule is CC(=O)OCc1ccc(Nc2nc(N)ccc2[N+](=O)[O-])cc1. The molecule has 0 aliphatic carbocycles. The third-order valence-corrected chi connectivity index (χ3v) is 2.75. The van der Waals surface area contributed by atoms with E-state index in [1.54, 1.807) is 24.3 Å². The van der Waals surface area contributed by atoms with Gasteiger partial charge in [0.05, 0.1) is 4.92 Å². The van der Waals surface area contributed by atoms with Crippen molar-refractivity contribution in [1.82, 2.24) is 4.98 Å². The summed E-state index contributed by atoms with van der Waals surface area (Å²) in [5.74, 6) is -0.112. The highest BCUT2D eigenvalue weighted by Crippen LogP contribution is 2.26. The highest BCUT2D eigenvalue weighted by molar-refractivity contribution is 5.67. The van der Waals surface area contributed by atoms with Crippen molar-refractivity contribution in [2.24, 2.45) is 0 Å². The molecular weight excluding hydrogens is 288 g/mol. The lowest BCUT2D eigenvalue weighted by atomic mass is 10.2. The van der Waals surface area contributed by atoms with Gasteiger partial charge in [0.2, 0.25) is 5.82 Å². The number of nitrogen functional groups attached to an aromatic ring is 1. The number of carbonyl (C=O) groups is 1. The number of nitro groups is 1. The van der Waals surface area contributed by atoms with Crippen LogP contribution in [0.25, 0.3) is 0 Å². The Labute approximate surface area is 126 Å². The van der Waals surface area contributed by atoms with Crippen molar-refractivity contribution in [3.05, 3.63) is 52.1 Å². The van der Waals surface area contributed by atoms with Crippen LogP contribution in [0, 0.1) is 10.1 Å². The van der Waals surface area contributed by atoms with Crippen LogP contribution in [0.4, 0.5) is 23.0 Å². The third kappa shape index (κ3) is 3.92. The molecule has 0 saturated heterocycles. The van der Waals surface area contributed by atoms with Crippen molar-refractivity contribution in [3.8, 4) is 0 Å². The van der Waals surface area contributed by atoms with Gasteiger partial charge in [-0.1, -0.05) is 12.1 Å². The lowest BCUT2D eigenvalue weighted by Crippen LogP contribution is -2.02. The molecule has 2 aromatic rings. The number of nitrogens with zero attached hydrogens (tertiary/aromatic N) is 2. The molecular formula is C14H14N4O4. The minimum Gasteiger partial charge on any atom is -0.461 e. The summed E-state index contributed by atoms with van der Waals surface area (Å²) >= 11 is 0. The van der Waals surface area contributed by atoms with E-state index >= 15 is 0 Å². The fourth-order valence-electron chi connectivity index (χ4n) is 1.71. The Balaban J connectivity index is 2.15. The fraction of sp³-hybridized carbons (Fsp3) is 0.143. The first-order chi connectivity index (χ1) is 10.5. The molecule has 0 atom stereocenters. The van der Waals surface area contributed by atoms with Crippen LogP contribution in [-0.4, -0.2) is 15.9 Å². The zero-order valence-electron chi connectivity index (χ0n) is 11.8. The summed E-state index contributed by atoms with van der Waals surface area (Å²) in [6, 6.07) is 9.54. The number of nitrogens with one attached hydrogen (secondary N) is 1. The van der Waals surface area contributed by atoms with E-state index in [2.05, 4.69) is 10.3 Å². The molecule has 0 fully saturated rings. The molecule has 1 heterocycles. The van der Waals surface area contributed by atoms with Gasteiger partial charge in [0, 0.05) is 18.7 Å². The van der Waals surface area contributed by atoms with E-state index in [9.17, 15) is 14.9 Å². The molecule has 1 aromatic heterocycles. The van der Waals surface area contributed by atoms with Gasteiger partial charge in [-0.05, 0) is 23.8 Å². The molecule has 0 bridgehead atoms. The van der Waals surface area contributed by atoms with Gasteiger partial charge < -0.3 is 15.8 Å². The number of nitrogens with two attached hydrogens (primary N) is 1. The van der Waals surface area contributed by atoms with Crippen molar-refractivity contribution < 1.29 is 14.5 Å². The minimum atomic E-state index is -0.538. The van der Waals surface area contributed by atoms with Gasteiger partial charge in [-0.2, -0.15) is 0 Å². The summed E-state index contributed by atoms with van der Waals surface area (Å²) in [4.78, 5) is 25.1.